The molecule has 7 heteroatoms. The Bertz CT molecular complexity index is 621. The molecule has 0 amide bonds. The number of nitrogens with zero attached hydrogens (tertiary/aromatic N) is 2. The second kappa shape index (κ2) is 10.9. The molecule has 1 heterocycles. The fourth-order valence-electron chi connectivity index (χ4n) is 3.65. The summed E-state index contributed by atoms with van der Waals surface area (Å²) in [6.45, 7) is 6.20. The summed E-state index contributed by atoms with van der Waals surface area (Å²) in [5.74, 6) is 2.84. The van der Waals surface area contributed by atoms with Crippen LogP contribution in [0.3, 0.4) is 0 Å². The van der Waals surface area contributed by atoms with Crippen LogP contribution in [0.25, 0.3) is 0 Å². The Morgan fingerprint density at radius 3 is 2.56 bits per heavy atom. The Kier molecular flexibility index (Phi) is 8.51. The summed E-state index contributed by atoms with van der Waals surface area (Å²) in [6.07, 6.45) is 3.32. The fraction of sp³-hybridized carbons (Fsp3) is 0.650. The summed E-state index contributed by atoms with van der Waals surface area (Å²) in [5.41, 5.74) is 1.06. The maximum absolute atomic E-state index is 5.55. The van der Waals surface area contributed by atoms with Gasteiger partial charge in [-0.2, -0.15) is 0 Å². The minimum Gasteiger partial charge on any atom is -0.493 e. The van der Waals surface area contributed by atoms with Crippen molar-refractivity contribution in [3.05, 3.63) is 17.7 Å². The third-order valence-corrected chi connectivity index (χ3v) is 5.11. The predicted octanol–water partition coefficient (Wildman–Crippen LogP) is 1.90. The van der Waals surface area contributed by atoms with E-state index in [0.717, 1.165) is 37.6 Å². The first-order valence-corrected chi connectivity index (χ1v) is 9.64. The van der Waals surface area contributed by atoms with Gasteiger partial charge >= 0.3 is 0 Å². The third-order valence-electron chi connectivity index (χ3n) is 5.11. The summed E-state index contributed by atoms with van der Waals surface area (Å²) >= 11 is 0. The van der Waals surface area contributed by atoms with Crippen molar-refractivity contribution >= 4 is 5.96 Å². The summed E-state index contributed by atoms with van der Waals surface area (Å²) < 4.78 is 16.3. The number of hydrogen-bond acceptors (Lipinski definition) is 5. The first-order valence-electron chi connectivity index (χ1n) is 9.64. The number of ether oxygens (including phenoxy) is 3. The number of methoxy groups -OCH3 is 3. The highest BCUT2D eigenvalue weighted by molar-refractivity contribution is 5.79. The Labute approximate surface area is 163 Å². The van der Waals surface area contributed by atoms with E-state index in [1.54, 1.807) is 28.4 Å². The quantitative estimate of drug-likeness (QED) is 0.505. The Balaban J connectivity index is 1.89. The van der Waals surface area contributed by atoms with Gasteiger partial charge in [-0.3, -0.25) is 9.89 Å². The van der Waals surface area contributed by atoms with Crippen LogP contribution in [0.2, 0.25) is 0 Å². The maximum atomic E-state index is 5.55. The maximum Gasteiger partial charge on any atom is 0.203 e. The zero-order chi connectivity index (χ0) is 19.6. The molecular formula is C20H34N4O3. The van der Waals surface area contributed by atoms with Crippen LogP contribution >= 0.6 is 0 Å². The molecule has 1 atom stereocenters. The summed E-state index contributed by atoms with van der Waals surface area (Å²) in [4.78, 5) is 6.86. The molecule has 1 fully saturated rings. The van der Waals surface area contributed by atoms with Gasteiger partial charge < -0.3 is 24.8 Å². The molecule has 1 aromatic carbocycles. The van der Waals surface area contributed by atoms with Gasteiger partial charge in [0.05, 0.1) is 21.3 Å². The molecule has 1 saturated heterocycles. The molecule has 0 spiro atoms. The molecule has 2 rings (SSSR count). The van der Waals surface area contributed by atoms with Gasteiger partial charge in [-0.05, 0) is 38.4 Å². The van der Waals surface area contributed by atoms with Crippen molar-refractivity contribution in [2.45, 2.75) is 32.2 Å². The largest absolute Gasteiger partial charge is 0.493 e. The van der Waals surface area contributed by atoms with Crippen LogP contribution in [0, 0.1) is 0 Å². The van der Waals surface area contributed by atoms with E-state index in [1.165, 1.54) is 19.4 Å². The van der Waals surface area contributed by atoms with Gasteiger partial charge in [-0.15, -0.1) is 0 Å². The molecule has 0 saturated carbocycles. The zero-order valence-electron chi connectivity index (χ0n) is 17.3. The lowest BCUT2D eigenvalue weighted by Crippen LogP contribution is -2.45. The molecule has 152 valence electrons. The van der Waals surface area contributed by atoms with Crippen molar-refractivity contribution in [3.63, 3.8) is 0 Å². The number of aliphatic imine (C=N–C) groups is 1. The molecule has 1 aromatic rings. The molecule has 0 bridgehead atoms. The number of nitrogens with one attached hydrogen (secondary N) is 2. The molecule has 2 N–H and O–H groups in total. The lowest BCUT2D eigenvalue weighted by Gasteiger charge is -2.24. The van der Waals surface area contributed by atoms with Gasteiger partial charge in [0.15, 0.2) is 17.5 Å². The van der Waals surface area contributed by atoms with E-state index in [-0.39, 0.29) is 0 Å². The third kappa shape index (κ3) is 5.42. The van der Waals surface area contributed by atoms with E-state index >= 15 is 0 Å². The Hall–Kier alpha value is -2.15. The Morgan fingerprint density at radius 1 is 1.15 bits per heavy atom. The number of rotatable bonds is 9. The SMILES string of the molecule is CCN1CCCC1CNC(=NC)NCCc1ccc(OC)c(OC)c1OC. The molecule has 1 aliphatic rings. The highest BCUT2D eigenvalue weighted by Gasteiger charge is 2.22. The number of hydrogen-bond donors (Lipinski definition) is 2. The average molecular weight is 379 g/mol. The molecule has 1 aliphatic heterocycles. The molecule has 27 heavy (non-hydrogen) atoms. The lowest BCUT2D eigenvalue weighted by atomic mass is 10.1. The zero-order valence-corrected chi connectivity index (χ0v) is 17.3. The standard InChI is InChI=1S/C20H34N4O3/c1-6-24-13-7-8-16(24)14-23-20(21-2)22-12-11-15-9-10-17(25-3)19(27-5)18(15)26-4/h9-10,16H,6-8,11-14H2,1-5H3,(H2,21,22,23). The molecule has 0 radical (unpaired) electrons. The van der Waals surface area contributed by atoms with Gasteiger partial charge in [0.1, 0.15) is 0 Å². The van der Waals surface area contributed by atoms with Crippen molar-refractivity contribution in [2.75, 3.05) is 54.6 Å². The minimum absolute atomic E-state index is 0.597. The van der Waals surface area contributed by atoms with E-state index in [4.69, 9.17) is 14.2 Å². The van der Waals surface area contributed by atoms with Crippen LogP contribution in [0.15, 0.2) is 17.1 Å². The van der Waals surface area contributed by atoms with Crippen molar-refractivity contribution in [2.24, 2.45) is 4.99 Å². The topological polar surface area (TPSA) is 67.4 Å². The monoisotopic (exact) mass is 378 g/mol. The van der Waals surface area contributed by atoms with Gasteiger partial charge in [-0.25, -0.2) is 0 Å². The molecule has 0 aliphatic carbocycles. The van der Waals surface area contributed by atoms with Gasteiger partial charge in [0.2, 0.25) is 5.75 Å². The fourth-order valence-corrected chi connectivity index (χ4v) is 3.65. The van der Waals surface area contributed by atoms with Gasteiger partial charge in [-0.1, -0.05) is 13.0 Å². The van der Waals surface area contributed by atoms with Crippen molar-refractivity contribution in [3.8, 4) is 17.2 Å². The first-order chi connectivity index (χ1) is 13.2. The first kappa shape index (κ1) is 21.2. The Morgan fingerprint density at radius 2 is 1.93 bits per heavy atom. The second-order valence-corrected chi connectivity index (χ2v) is 6.55. The number of likely N-dealkylation sites (N-methyl/N-ethyl adjacent to an activating group) is 1. The number of benzene rings is 1. The highest BCUT2D eigenvalue weighted by atomic mass is 16.5. The number of guanidine groups is 1. The average Bonchev–Trinajstić information content (AvgIpc) is 3.17. The summed E-state index contributed by atoms with van der Waals surface area (Å²) in [6, 6.07) is 4.51. The van der Waals surface area contributed by atoms with Crippen LogP contribution in [-0.4, -0.2) is 71.5 Å². The van der Waals surface area contributed by atoms with Crippen LogP contribution in [0.4, 0.5) is 0 Å². The van der Waals surface area contributed by atoms with E-state index in [1.807, 2.05) is 12.1 Å². The minimum atomic E-state index is 0.597. The smallest absolute Gasteiger partial charge is 0.203 e. The lowest BCUT2D eigenvalue weighted by molar-refractivity contribution is 0.267. The van der Waals surface area contributed by atoms with Crippen molar-refractivity contribution in [1.82, 2.24) is 15.5 Å². The van der Waals surface area contributed by atoms with Gasteiger partial charge in [0.25, 0.3) is 0 Å². The molecular weight excluding hydrogens is 344 g/mol. The van der Waals surface area contributed by atoms with E-state index in [0.29, 0.717) is 23.3 Å². The van der Waals surface area contributed by atoms with E-state index in [2.05, 4.69) is 27.4 Å². The second-order valence-electron chi connectivity index (χ2n) is 6.55. The van der Waals surface area contributed by atoms with Crippen LogP contribution in [0.1, 0.15) is 25.3 Å². The van der Waals surface area contributed by atoms with Crippen LogP contribution in [-0.2, 0) is 6.42 Å². The number of likely N-dealkylation sites (tertiary alicyclic amines) is 1. The van der Waals surface area contributed by atoms with Crippen LogP contribution < -0.4 is 24.8 Å². The van der Waals surface area contributed by atoms with Crippen LogP contribution in [0.5, 0.6) is 17.2 Å². The van der Waals surface area contributed by atoms with E-state index in [9.17, 15) is 0 Å². The normalized spacial score (nSPS) is 17.7. The highest BCUT2D eigenvalue weighted by Crippen LogP contribution is 2.39. The van der Waals surface area contributed by atoms with Crippen molar-refractivity contribution in [1.29, 1.82) is 0 Å². The summed E-state index contributed by atoms with van der Waals surface area (Å²) in [5, 5.41) is 6.84. The van der Waals surface area contributed by atoms with Gasteiger partial charge in [0, 0.05) is 31.7 Å². The van der Waals surface area contributed by atoms with E-state index < -0.39 is 0 Å². The van der Waals surface area contributed by atoms with Crippen molar-refractivity contribution < 1.29 is 14.2 Å². The summed E-state index contributed by atoms with van der Waals surface area (Å²) in [7, 11) is 6.70. The molecule has 7 nitrogen and oxygen atoms in total. The predicted molar refractivity (Wildman–Crippen MR) is 109 cm³/mol. The molecule has 1 unspecified atom stereocenters. The molecule has 0 aromatic heterocycles.